The SMILES string of the molecule is [NH2+]=C(CCC=O)c1ccc(OCC(=O)O)c(Cl)c1. The summed E-state index contributed by atoms with van der Waals surface area (Å²) in [5.74, 6) is -0.793. The number of aldehydes is 1. The monoisotopic (exact) mass is 270 g/mol. The molecule has 0 unspecified atom stereocenters. The predicted octanol–water partition coefficient (Wildman–Crippen LogP) is 0.331. The third-order valence-electron chi connectivity index (χ3n) is 2.19. The van der Waals surface area contributed by atoms with E-state index in [2.05, 4.69) is 0 Å². The molecule has 6 heteroatoms. The van der Waals surface area contributed by atoms with Crippen LogP contribution in [0.25, 0.3) is 0 Å². The van der Waals surface area contributed by atoms with Crippen LogP contribution in [0.4, 0.5) is 0 Å². The van der Waals surface area contributed by atoms with Gasteiger partial charge in [-0.05, 0) is 18.2 Å². The van der Waals surface area contributed by atoms with Gasteiger partial charge in [-0.3, -0.25) is 5.41 Å². The molecular weight excluding hydrogens is 258 g/mol. The molecule has 3 N–H and O–H groups in total. The van der Waals surface area contributed by atoms with Gasteiger partial charge in [0.15, 0.2) is 12.3 Å². The van der Waals surface area contributed by atoms with Crippen molar-refractivity contribution in [2.24, 2.45) is 0 Å². The van der Waals surface area contributed by atoms with Crippen molar-refractivity contribution in [3.63, 3.8) is 0 Å². The van der Waals surface area contributed by atoms with Gasteiger partial charge in [0.25, 0.3) is 0 Å². The van der Waals surface area contributed by atoms with Crippen molar-refractivity contribution < 1.29 is 24.8 Å². The first-order chi connectivity index (χ1) is 8.54. The second-order valence-corrected chi connectivity index (χ2v) is 3.97. The Hall–Kier alpha value is -1.88. The first-order valence-corrected chi connectivity index (χ1v) is 5.62. The molecule has 0 aliphatic rings. The second kappa shape index (κ2) is 6.76. The summed E-state index contributed by atoms with van der Waals surface area (Å²) in [6.07, 6.45) is 1.59. The molecule has 1 rings (SSSR count). The van der Waals surface area contributed by atoms with Crippen LogP contribution in [-0.2, 0) is 9.59 Å². The summed E-state index contributed by atoms with van der Waals surface area (Å²) >= 11 is 5.93. The molecule has 0 atom stereocenters. The molecule has 0 spiro atoms. The number of carboxylic acids is 1. The summed E-state index contributed by atoms with van der Waals surface area (Å²) in [6.45, 7) is -0.455. The highest BCUT2D eigenvalue weighted by atomic mass is 35.5. The van der Waals surface area contributed by atoms with Crippen LogP contribution in [0.15, 0.2) is 18.2 Å². The molecule has 0 saturated carbocycles. The molecule has 0 aromatic heterocycles. The maximum atomic E-state index is 10.4. The summed E-state index contributed by atoms with van der Waals surface area (Å²) < 4.78 is 4.98. The van der Waals surface area contributed by atoms with Crippen LogP contribution in [0.5, 0.6) is 5.75 Å². The van der Waals surface area contributed by atoms with Gasteiger partial charge in [-0.1, -0.05) is 11.6 Å². The Morgan fingerprint density at radius 3 is 2.78 bits per heavy atom. The fraction of sp³-hybridized carbons (Fsp3) is 0.250. The zero-order valence-electron chi connectivity index (χ0n) is 9.56. The van der Waals surface area contributed by atoms with Crippen molar-refractivity contribution in [2.75, 3.05) is 6.61 Å². The Morgan fingerprint density at radius 1 is 1.50 bits per heavy atom. The van der Waals surface area contributed by atoms with E-state index in [-0.39, 0.29) is 10.8 Å². The minimum absolute atomic E-state index is 0.280. The van der Waals surface area contributed by atoms with Gasteiger partial charge in [0, 0.05) is 18.4 Å². The van der Waals surface area contributed by atoms with Gasteiger partial charge < -0.3 is 14.6 Å². The molecular formula is C12H13ClNO4+. The van der Waals surface area contributed by atoms with E-state index in [1.54, 1.807) is 18.2 Å². The first-order valence-electron chi connectivity index (χ1n) is 5.24. The lowest BCUT2D eigenvalue weighted by atomic mass is 10.1. The van der Waals surface area contributed by atoms with Crippen LogP contribution < -0.4 is 10.1 Å². The Bertz CT molecular complexity index is 473. The molecule has 0 aliphatic heterocycles. The largest absolute Gasteiger partial charge is 0.480 e. The van der Waals surface area contributed by atoms with E-state index in [1.807, 2.05) is 0 Å². The number of carbonyl (C=O) groups is 2. The quantitative estimate of drug-likeness (QED) is 0.552. The smallest absolute Gasteiger partial charge is 0.341 e. The molecule has 0 fully saturated rings. The number of carboxylic acid groups (broad SMARTS) is 1. The summed E-state index contributed by atoms with van der Waals surface area (Å²) in [5.41, 5.74) is 1.25. The van der Waals surface area contributed by atoms with Crippen LogP contribution in [0, 0.1) is 0 Å². The van der Waals surface area contributed by atoms with Gasteiger partial charge in [0.1, 0.15) is 12.0 Å². The van der Waals surface area contributed by atoms with Crippen molar-refractivity contribution in [3.05, 3.63) is 28.8 Å². The van der Waals surface area contributed by atoms with Crippen LogP contribution in [0.2, 0.25) is 5.02 Å². The Kier molecular flexibility index (Phi) is 5.32. The average Bonchev–Trinajstić information content (AvgIpc) is 2.34. The topological polar surface area (TPSA) is 89.2 Å². The van der Waals surface area contributed by atoms with Gasteiger partial charge >= 0.3 is 5.97 Å². The van der Waals surface area contributed by atoms with Crippen LogP contribution in [0.1, 0.15) is 18.4 Å². The van der Waals surface area contributed by atoms with Crippen molar-refractivity contribution >= 4 is 29.6 Å². The fourth-order valence-electron chi connectivity index (χ4n) is 1.32. The number of carbonyl (C=O) groups excluding carboxylic acids is 1. The third-order valence-corrected chi connectivity index (χ3v) is 2.48. The van der Waals surface area contributed by atoms with Crippen LogP contribution >= 0.6 is 11.6 Å². The number of rotatable bonds is 7. The highest BCUT2D eigenvalue weighted by Crippen LogP contribution is 2.25. The van der Waals surface area contributed by atoms with E-state index in [9.17, 15) is 9.59 Å². The fourth-order valence-corrected chi connectivity index (χ4v) is 1.55. The normalized spacial score (nSPS) is 9.83. The van der Waals surface area contributed by atoms with E-state index in [0.717, 1.165) is 6.29 Å². The van der Waals surface area contributed by atoms with Gasteiger partial charge in [0.2, 0.25) is 0 Å². The maximum Gasteiger partial charge on any atom is 0.341 e. The number of hydrogen-bond acceptors (Lipinski definition) is 3. The molecule has 0 bridgehead atoms. The zero-order valence-corrected chi connectivity index (χ0v) is 10.3. The number of hydrogen-bond donors (Lipinski definition) is 2. The van der Waals surface area contributed by atoms with Crippen LogP contribution in [0.3, 0.4) is 0 Å². The highest BCUT2D eigenvalue weighted by molar-refractivity contribution is 6.32. The highest BCUT2D eigenvalue weighted by Gasteiger charge is 2.11. The van der Waals surface area contributed by atoms with Gasteiger partial charge in [-0.2, -0.15) is 0 Å². The summed E-state index contributed by atoms with van der Waals surface area (Å²) in [6, 6.07) is 4.80. The number of aliphatic carboxylic acids is 1. The molecule has 0 aliphatic carbocycles. The molecule has 1 aromatic carbocycles. The average molecular weight is 271 g/mol. The predicted molar refractivity (Wildman–Crippen MR) is 65.9 cm³/mol. The van der Waals surface area contributed by atoms with Crippen molar-refractivity contribution in [3.8, 4) is 5.75 Å². The Morgan fingerprint density at radius 2 is 2.22 bits per heavy atom. The van der Waals surface area contributed by atoms with E-state index in [0.29, 0.717) is 24.1 Å². The molecule has 5 nitrogen and oxygen atoms in total. The lowest BCUT2D eigenvalue weighted by Crippen LogP contribution is -2.40. The second-order valence-electron chi connectivity index (χ2n) is 3.56. The minimum Gasteiger partial charge on any atom is -0.480 e. The van der Waals surface area contributed by atoms with Gasteiger partial charge in [-0.25, -0.2) is 4.79 Å². The zero-order chi connectivity index (χ0) is 13.5. The van der Waals surface area contributed by atoms with E-state index < -0.39 is 12.6 Å². The molecule has 18 heavy (non-hydrogen) atoms. The maximum absolute atomic E-state index is 10.4. The summed E-state index contributed by atoms with van der Waals surface area (Å²) in [5, 5.41) is 14.5. The minimum atomic E-state index is -1.08. The summed E-state index contributed by atoms with van der Waals surface area (Å²) in [7, 11) is 0. The number of halogens is 1. The standard InChI is InChI=1S/C12H12ClNO4/c13-9-6-8(10(14)2-1-5-15)3-4-11(9)18-7-12(16)17/h3-6,14H,1-2,7H2,(H,16,17)/p+1. The number of benzene rings is 1. The molecule has 0 radical (unpaired) electrons. The molecule has 0 amide bonds. The lowest BCUT2D eigenvalue weighted by molar-refractivity contribution is -0.139. The van der Waals surface area contributed by atoms with E-state index in [1.165, 1.54) is 0 Å². The molecule has 0 saturated heterocycles. The summed E-state index contributed by atoms with van der Waals surface area (Å²) in [4.78, 5) is 20.6. The molecule has 0 heterocycles. The van der Waals surface area contributed by atoms with E-state index >= 15 is 0 Å². The van der Waals surface area contributed by atoms with Crippen molar-refractivity contribution in [1.29, 1.82) is 0 Å². The Balaban J connectivity index is 2.75. The molecule has 1 aromatic rings. The van der Waals surface area contributed by atoms with Crippen molar-refractivity contribution in [2.45, 2.75) is 12.8 Å². The van der Waals surface area contributed by atoms with Gasteiger partial charge in [0.05, 0.1) is 5.02 Å². The number of ether oxygens (including phenoxy) is 1. The van der Waals surface area contributed by atoms with Crippen LogP contribution in [-0.4, -0.2) is 29.7 Å². The van der Waals surface area contributed by atoms with Gasteiger partial charge in [-0.15, -0.1) is 0 Å². The first kappa shape index (κ1) is 14.2. The number of nitrogens with two attached hydrogens (primary N) is 1. The Labute approximate surface area is 109 Å². The van der Waals surface area contributed by atoms with E-state index in [4.69, 9.17) is 26.9 Å². The van der Waals surface area contributed by atoms with Crippen molar-refractivity contribution in [1.82, 2.24) is 0 Å². The third kappa shape index (κ3) is 4.18. The lowest BCUT2D eigenvalue weighted by Gasteiger charge is -2.06. The molecule has 96 valence electrons.